The molecule has 0 aliphatic rings. The van der Waals surface area contributed by atoms with E-state index in [1.165, 1.54) is 11.3 Å². The zero-order chi connectivity index (χ0) is 9.68. The van der Waals surface area contributed by atoms with Gasteiger partial charge in [0.05, 0.1) is 0 Å². The van der Waals surface area contributed by atoms with Crippen LogP contribution in [0, 0.1) is 0 Å². The normalized spacial score (nSPS) is 12.0. The quantitative estimate of drug-likeness (QED) is 0.678. The van der Waals surface area contributed by atoms with E-state index in [-0.39, 0.29) is 0 Å². The van der Waals surface area contributed by atoms with Gasteiger partial charge in [-0.1, -0.05) is 6.07 Å². The van der Waals surface area contributed by atoms with Gasteiger partial charge in [0.2, 0.25) is 6.41 Å². The van der Waals surface area contributed by atoms with Crippen molar-refractivity contribution >= 4 is 23.7 Å². The predicted molar refractivity (Wildman–Crippen MR) is 48.6 cm³/mol. The molecule has 1 heterocycles. The lowest BCUT2D eigenvalue weighted by molar-refractivity contribution is -0.140. The zero-order valence-electron chi connectivity index (χ0n) is 6.77. The van der Waals surface area contributed by atoms with Gasteiger partial charge in [0.15, 0.2) is 0 Å². The Hall–Kier alpha value is -1.36. The Morgan fingerprint density at radius 3 is 3.00 bits per heavy atom. The Balaban J connectivity index is 2.57. The first-order valence-corrected chi connectivity index (χ1v) is 4.57. The SMILES string of the molecule is O=CNC(Cc1cccs1)C(=O)O. The van der Waals surface area contributed by atoms with E-state index in [4.69, 9.17) is 5.11 Å². The minimum Gasteiger partial charge on any atom is -0.480 e. The van der Waals surface area contributed by atoms with Crippen LogP contribution in [0.4, 0.5) is 0 Å². The van der Waals surface area contributed by atoms with Crippen molar-refractivity contribution in [3.8, 4) is 0 Å². The Bertz CT molecular complexity index is 284. The van der Waals surface area contributed by atoms with E-state index in [0.29, 0.717) is 12.8 Å². The summed E-state index contributed by atoms with van der Waals surface area (Å²) in [6, 6.07) is 2.86. The van der Waals surface area contributed by atoms with E-state index in [1.807, 2.05) is 17.5 Å². The van der Waals surface area contributed by atoms with Gasteiger partial charge in [0.1, 0.15) is 6.04 Å². The first-order valence-electron chi connectivity index (χ1n) is 3.69. The second-order valence-electron chi connectivity index (χ2n) is 2.46. The molecule has 0 aromatic carbocycles. The largest absolute Gasteiger partial charge is 0.480 e. The summed E-state index contributed by atoms with van der Waals surface area (Å²) < 4.78 is 0. The summed E-state index contributed by atoms with van der Waals surface area (Å²) in [5.74, 6) is -1.01. The fraction of sp³-hybridized carbons (Fsp3) is 0.250. The molecule has 70 valence electrons. The lowest BCUT2D eigenvalue weighted by Crippen LogP contribution is -2.37. The minimum absolute atomic E-state index is 0.339. The summed E-state index contributed by atoms with van der Waals surface area (Å²) in [7, 11) is 0. The van der Waals surface area contributed by atoms with Crippen molar-refractivity contribution in [2.24, 2.45) is 0 Å². The van der Waals surface area contributed by atoms with E-state index in [0.717, 1.165) is 4.88 Å². The van der Waals surface area contributed by atoms with Crippen LogP contribution in [0.25, 0.3) is 0 Å². The Morgan fingerprint density at radius 2 is 2.54 bits per heavy atom. The average Bonchev–Trinajstić information content (AvgIpc) is 2.56. The van der Waals surface area contributed by atoms with Gasteiger partial charge in [-0.25, -0.2) is 4.79 Å². The number of hydrogen-bond acceptors (Lipinski definition) is 3. The van der Waals surface area contributed by atoms with Crippen molar-refractivity contribution < 1.29 is 14.7 Å². The monoisotopic (exact) mass is 199 g/mol. The van der Waals surface area contributed by atoms with Gasteiger partial charge in [-0.3, -0.25) is 4.79 Å². The molecule has 0 saturated heterocycles. The second-order valence-corrected chi connectivity index (χ2v) is 3.49. The first-order chi connectivity index (χ1) is 6.24. The van der Waals surface area contributed by atoms with Gasteiger partial charge in [-0.05, 0) is 11.4 Å². The van der Waals surface area contributed by atoms with Crippen LogP contribution in [0.5, 0.6) is 0 Å². The third-order valence-corrected chi connectivity index (χ3v) is 2.45. The van der Waals surface area contributed by atoms with E-state index in [9.17, 15) is 9.59 Å². The highest BCUT2D eigenvalue weighted by molar-refractivity contribution is 7.09. The number of rotatable bonds is 5. The van der Waals surface area contributed by atoms with Crippen molar-refractivity contribution in [3.05, 3.63) is 22.4 Å². The molecule has 0 aliphatic heterocycles. The number of carboxylic acids is 1. The third-order valence-electron chi connectivity index (χ3n) is 1.55. The maximum atomic E-state index is 10.6. The molecule has 5 heteroatoms. The molecule has 0 saturated carbocycles. The van der Waals surface area contributed by atoms with Gasteiger partial charge >= 0.3 is 5.97 Å². The molecule has 0 bridgehead atoms. The molecule has 2 N–H and O–H groups in total. The molecule has 0 fully saturated rings. The van der Waals surface area contributed by atoms with Crippen LogP contribution >= 0.6 is 11.3 Å². The maximum absolute atomic E-state index is 10.6. The predicted octanol–water partition coefficient (Wildman–Crippen LogP) is 0.490. The van der Waals surface area contributed by atoms with E-state index in [2.05, 4.69) is 5.32 Å². The van der Waals surface area contributed by atoms with Crippen LogP contribution in [-0.2, 0) is 16.0 Å². The van der Waals surface area contributed by atoms with Gasteiger partial charge in [-0.15, -0.1) is 11.3 Å². The Kier molecular flexibility index (Phi) is 3.45. The summed E-state index contributed by atoms with van der Waals surface area (Å²) in [6.07, 6.45) is 0.748. The number of amides is 1. The third kappa shape index (κ3) is 2.87. The summed E-state index contributed by atoms with van der Waals surface area (Å²) >= 11 is 1.48. The van der Waals surface area contributed by atoms with Gasteiger partial charge in [0.25, 0.3) is 0 Å². The van der Waals surface area contributed by atoms with Crippen LogP contribution in [0.1, 0.15) is 4.88 Å². The lowest BCUT2D eigenvalue weighted by atomic mass is 10.2. The van der Waals surface area contributed by atoms with Crippen LogP contribution < -0.4 is 5.32 Å². The van der Waals surface area contributed by atoms with Crippen LogP contribution in [0.3, 0.4) is 0 Å². The summed E-state index contributed by atoms with van der Waals surface area (Å²) in [5.41, 5.74) is 0. The maximum Gasteiger partial charge on any atom is 0.326 e. The number of carbonyl (C=O) groups excluding carboxylic acids is 1. The highest BCUT2D eigenvalue weighted by Gasteiger charge is 2.16. The van der Waals surface area contributed by atoms with Crippen molar-refractivity contribution in [1.29, 1.82) is 0 Å². The fourth-order valence-corrected chi connectivity index (χ4v) is 1.68. The van der Waals surface area contributed by atoms with E-state index >= 15 is 0 Å². The van der Waals surface area contributed by atoms with Crippen molar-refractivity contribution in [3.63, 3.8) is 0 Å². The number of nitrogens with one attached hydrogen (secondary N) is 1. The van der Waals surface area contributed by atoms with Gasteiger partial charge < -0.3 is 10.4 Å². The molecule has 0 spiro atoms. The summed E-state index contributed by atoms with van der Waals surface area (Å²) in [6.45, 7) is 0. The molecule has 1 aromatic rings. The molecule has 1 unspecified atom stereocenters. The number of carboxylic acid groups (broad SMARTS) is 1. The highest BCUT2D eigenvalue weighted by Crippen LogP contribution is 2.10. The molecule has 1 aromatic heterocycles. The Labute approximate surface area is 79.2 Å². The molecular weight excluding hydrogens is 190 g/mol. The van der Waals surface area contributed by atoms with Crippen molar-refractivity contribution in [1.82, 2.24) is 5.32 Å². The zero-order valence-corrected chi connectivity index (χ0v) is 7.58. The van der Waals surface area contributed by atoms with Crippen LogP contribution in [0.15, 0.2) is 17.5 Å². The molecule has 1 amide bonds. The average molecular weight is 199 g/mol. The van der Waals surface area contributed by atoms with Gasteiger partial charge in [0, 0.05) is 11.3 Å². The van der Waals surface area contributed by atoms with Crippen LogP contribution in [-0.4, -0.2) is 23.5 Å². The van der Waals surface area contributed by atoms with E-state index in [1.54, 1.807) is 0 Å². The fourth-order valence-electron chi connectivity index (χ4n) is 0.930. The Morgan fingerprint density at radius 1 is 1.77 bits per heavy atom. The van der Waals surface area contributed by atoms with Crippen LogP contribution in [0.2, 0.25) is 0 Å². The standard InChI is InChI=1S/C8H9NO3S/c10-5-9-7(8(11)12)4-6-2-1-3-13-6/h1-3,5,7H,4H2,(H,9,10)(H,11,12). The molecule has 1 rings (SSSR count). The first kappa shape index (κ1) is 9.73. The molecule has 13 heavy (non-hydrogen) atoms. The minimum atomic E-state index is -1.01. The topological polar surface area (TPSA) is 66.4 Å². The molecule has 0 aliphatic carbocycles. The number of hydrogen-bond donors (Lipinski definition) is 2. The van der Waals surface area contributed by atoms with E-state index < -0.39 is 12.0 Å². The number of carbonyl (C=O) groups is 2. The summed E-state index contributed by atoms with van der Waals surface area (Å²) in [5, 5.41) is 12.8. The van der Waals surface area contributed by atoms with Crippen molar-refractivity contribution in [2.45, 2.75) is 12.5 Å². The number of aliphatic carboxylic acids is 1. The van der Waals surface area contributed by atoms with Gasteiger partial charge in [-0.2, -0.15) is 0 Å². The highest BCUT2D eigenvalue weighted by atomic mass is 32.1. The lowest BCUT2D eigenvalue weighted by Gasteiger charge is -2.08. The smallest absolute Gasteiger partial charge is 0.326 e. The molecule has 4 nitrogen and oxygen atoms in total. The second kappa shape index (κ2) is 4.61. The van der Waals surface area contributed by atoms with Crippen molar-refractivity contribution in [2.75, 3.05) is 0 Å². The molecule has 1 atom stereocenters. The summed E-state index contributed by atoms with van der Waals surface area (Å²) in [4.78, 5) is 21.6. The molecular formula is C8H9NO3S. The number of thiophene rings is 1. The molecule has 0 radical (unpaired) electrons.